The lowest BCUT2D eigenvalue weighted by Crippen LogP contribution is -2.02. The van der Waals surface area contributed by atoms with Gasteiger partial charge >= 0.3 is 0 Å². The zero-order chi connectivity index (χ0) is 10.5. The number of fused-ring (bicyclic) bond motifs is 1. The smallest absolute Gasteiger partial charge is 0.231 e. The molecule has 0 amide bonds. The summed E-state index contributed by atoms with van der Waals surface area (Å²) in [4.78, 5) is 0. The fourth-order valence-electron chi connectivity index (χ4n) is 2.02. The Kier molecular flexibility index (Phi) is 1.87. The Morgan fingerprint density at radius 2 is 1.93 bits per heavy atom. The van der Waals surface area contributed by atoms with E-state index in [1.165, 1.54) is 18.4 Å². The molecule has 1 saturated carbocycles. The SMILES string of the molecule is C=CC1(c2cc3c(cc2Br)OCO3)CC1. The maximum absolute atomic E-state index is 5.38. The summed E-state index contributed by atoms with van der Waals surface area (Å²) in [6.45, 7) is 4.24. The van der Waals surface area contributed by atoms with Crippen LogP contribution in [-0.2, 0) is 5.41 Å². The summed E-state index contributed by atoms with van der Waals surface area (Å²) < 4.78 is 11.8. The third-order valence-electron chi connectivity index (χ3n) is 3.18. The first kappa shape index (κ1) is 9.28. The Bertz CT molecular complexity index is 435. The first-order valence-corrected chi connectivity index (χ1v) is 5.78. The van der Waals surface area contributed by atoms with Crippen LogP contribution in [0, 0.1) is 0 Å². The molecule has 0 spiro atoms. The van der Waals surface area contributed by atoms with Crippen LogP contribution in [0.4, 0.5) is 0 Å². The Morgan fingerprint density at radius 1 is 1.27 bits per heavy atom. The standard InChI is InChI=1S/C12H11BrO2/c1-2-12(3-4-12)8-5-10-11(6-9(8)13)15-7-14-10/h2,5-6H,1,3-4,7H2. The lowest BCUT2D eigenvalue weighted by atomic mass is 9.96. The molecule has 15 heavy (non-hydrogen) atoms. The van der Waals surface area contributed by atoms with E-state index in [4.69, 9.17) is 9.47 Å². The molecule has 0 atom stereocenters. The Morgan fingerprint density at radius 3 is 2.53 bits per heavy atom. The van der Waals surface area contributed by atoms with Crippen molar-refractivity contribution in [1.82, 2.24) is 0 Å². The molecular formula is C12H11BrO2. The summed E-state index contributed by atoms with van der Waals surface area (Å²) in [5.74, 6) is 1.67. The number of benzene rings is 1. The second-order valence-electron chi connectivity index (χ2n) is 4.05. The number of hydrogen-bond donors (Lipinski definition) is 0. The molecule has 1 aliphatic carbocycles. The highest BCUT2D eigenvalue weighted by atomic mass is 79.9. The van der Waals surface area contributed by atoms with E-state index in [0.29, 0.717) is 6.79 Å². The Balaban J connectivity index is 2.12. The van der Waals surface area contributed by atoms with Gasteiger partial charge in [0.25, 0.3) is 0 Å². The number of rotatable bonds is 2. The first-order valence-electron chi connectivity index (χ1n) is 4.98. The molecule has 78 valence electrons. The largest absolute Gasteiger partial charge is 0.454 e. The van der Waals surface area contributed by atoms with Gasteiger partial charge in [-0.05, 0) is 30.5 Å². The minimum absolute atomic E-state index is 0.166. The maximum Gasteiger partial charge on any atom is 0.231 e. The highest BCUT2D eigenvalue weighted by Gasteiger charge is 2.43. The van der Waals surface area contributed by atoms with E-state index in [0.717, 1.165) is 16.0 Å². The third kappa shape index (κ3) is 1.29. The van der Waals surface area contributed by atoms with Gasteiger partial charge in [0.15, 0.2) is 11.5 Å². The quantitative estimate of drug-likeness (QED) is 0.764. The van der Waals surface area contributed by atoms with Crippen LogP contribution in [0.2, 0.25) is 0 Å². The van der Waals surface area contributed by atoms with Crippen molar-refractivity contribution in [3.8, 4) is 11.5 Å². The number of allylic oxidation sites excluding steroid dienone is 1. The van der Waals surface area contributed by atoms with E-state index in [9.17, 15) is 0 Å². The van der Waals surface area contributed by atoms with Crippen molar-refractivity contribution in [2.45, 2.75) is 18.3 Å². The summed E-state index contributed by atoms with van der Waals surface area (Å²) in [7, 11) is 0. The van der Waals surface area contributed by atoms with Crippen LogP contribution in [0.5, 0.6) is 11.5 Å². The number of ether oxygens (including phenoxy) is 2. The predicted molar refractivity (Wildman–Crippen MR) is 61.4 cm³/mol. The molecule has 2 aliphatic rings. The summed E-state index contributed by atoms with van der Waals surface area (Å²) >= 11 is 3.58. The molecule has 1 aromatic carbocycles. The van der Waals surface area contributed by atoms with E-state index < -0.39 is 0 Å². The van der Waals surface area contributed by atoms with E-state index >= 15 is 0 Å². The summed E-state index contributed by atoms with van der Waals surface area (Å²) in [6.07, 6.45) is 4.39. The van der Waals surface area contributed by atoms with Crippen molar-refractivity contribution in [2.24, 2.45) is 0 Å². The fourth-order valence-corrected chi connectivity index (χ4v) is 2.73. The zero-order valence-corrected chi connectivity index (χ0v) is 9.84. The van der Waals surface area contributed by atoms with Gasteiger partial charge in [-0.2, -0.15) is 0 Å². The number of halogens is 1. The van der Waals surface area contributed by atoms with Crippen LogP contribution in [0.25, 0.3) is 0 Å². The van der Waals surface area contributed by atoms with Gasteiger partial charge in [-0.3, -0.25) is 0 Å². The van der Waals surface area contributed by atoms with Crippen molar-refractivity contribution in [1.29, 1.82) is 0 Å². The first-order chi connectivity index (χ1) is 7.25. The molecule has 0 radical (unpaired) electrons. The summed E-state index contributed by atoms with van der Waals surface area (Å²) in [6, 6.07) is 4.06. The van der Waals surface area contributed by atoms with Crippen molar-refractivity contribution >= 4 is 15.9 Å². The molecule has 1 aromatic rings. The molecule has 0 N–H and O–H groups in total. The van der Waals surface area contributed by atoms with Crippen LogP contribution in [-0.4, -0.2) is 6.79 Å². The molecule has 0 unspecified atom stereocenters. The third-order valence-corrected chi connectivity index (χ3v) is 3.83. The van der Waals surface area contributed by atoms with Gasteiger partial charge in [-0.25, -0.2) is 0 Å². The van der Waals surface area contributed by atoms with E-state index in [1.54, 1.807) is 0 Å². The van der Waals surface area contributed by atoms with Gasteiger partial charge in [0.2, 0.25) is 6.79 Å². The number of hydrogen-bond acceptors (Lipinski definition) is 2. The van der Waals surface area contributed by atoms with E-state index in [2.05, 4.69) is 28.6 Å². The normalized spacial score (nSPS) is 20.1. The molecule has 1 heterocycles. The topological polar surface area (TPSA) is 18.5 Å². The van der Waals surface area contributed by atoms with Crippen molar-refractivity contribution in [2.75, 3.05) is 6.79 Å². The zero-order valence-electron chi connectivity index (χ0n) is 8.25. The summed E-state index contributed by atoms with van der Waals surface area (Å²) in [5, 5.41) is 0. The van der Waals surface area contributed by atoms with Gasteiger partial charge < -0.3 is 9.47 Å². The van der Waals surface area contributed by atoms with Crippen LogP contribution in [0.15, 0.2) is 29.3 Å². The fraction of sp³-hybridized carbons (Fsp3) is 0.333. The van der Waals surface area contributed by atoms with Gasteiger partial charge in [0, 0.05) is 9.89 Å². The minimum Gasteiger partial charge on any atom is -0.454 e. The lowest BCUT2D eigenvalue weighted by molar-refractivity contribution is 0.174. The van der Waals surface area contributed by atoms with E-state index in [1.807, 2.05) is 12.1 Å². The van der Waals surface area contributed by atoms with Gasteiger partial charge in [-0.1, -0.05) is 22.0 Å². The van der Waals surface area contributed by atoms with Crippen LogP contribution in [0.1, 0.15) is 18.4 Å². The Hall–Kier alpha value is -0.960. The van der Waals surface area contributed by atoms with Crippen LogP contribution < -0.4 is 9.47 Å². The van der Waals surface area contributed by atoms with Crippen LogP contribution >= 0.6 is 15.9 Å². The average molecular weight is 267 g/mol. The highest BCUT2D eigenvalue weighted by molar-refractivity contribution is 9.10. The van der Waals surface area contributed by atoms with Crippen molar-refractivity contribution < 1.29 is 9.47 Å². The lowest BCUT2D eigenvalue weighted by Gasteiger charge is -2.13. The van der Waals surface area contributed by atoms with Gasteiger partial charge in [-0.15, -0.1) is 6.58 Å². The molecule has 0 saturated heterocycles. The highest BCUT2D eigenvalue weighted by Crippen LogP contribution is 2.53. The molecule has 3 heteroatoms. The Labute approximate surface area is 97.0 Å². The second-order valence-corrected chi connectivity index (χ2v) is 4.90. The van der Waals surface area contributed by atoms with Crippen LogP contribution in [0.3, 0.4) is 0 Å². The molecule has 0 aromatic heterocycles. The predicted octanol–water partition coefficient (Wildman–Crippen LogP) is 3.40. The van der Waals surface area contributed by atoms with Gasteiger partial charge in [0.1, 0.15) is 0 Å². The summed E-state index contributed by atoms with van der Waals surface area (Å²) in [5.41, 5.74) is 1.43. The molecule has 1 fully saturated rings. The molecule has 3 rings (SSSR count). The molecule has 0 bridgehead atoms. The second kappa shape index (κ2) is 3.01. The monoisotopic (exact) mass is 266 g/mol. The molecule has 1 aliphatic heterocycles. The van der Waals surface area contributed by atoms with E-state index in [-0.39, 0.29) is 5.41 Å². The van der Waals surface area contributed by atoms with Gasteiger partial charge in [0.05, 0.1) is 0 Å². The minimum atomic E-state index is 0.166. The molecule has 2 nitrogen and oxygen atoms in total. The average Bonchev–Trinajstić information content (AvgIpc) is 2.91. The van der Waals surface area contributed by atoms with Crippen molar-refractivity contribution in [3.05, 3.63) is 34.8 Å². The van der Waals surface area contributed by atoms with Crippen molar-refractivity contribution in [3.63, 3.8) is 0 Å². The molecular weight excluding hydrogens is 256 g/mol. The maximum atomic E-state index is 5.38.